The summed E-state index contributed by atoms with van der Waals surface area (Å²) < 4.78 is 0.916. The van der Waals surface area contributed by atoms with E-state index in [0.29, 0.717) is 16.1 Å². The topological polar surface area (TPSA) is 93.3 Å². The third-order valence-corrected chi connectivity index (χ3v) is 6.85. The normalized spacial score (nSPS) is 10.8. The summed E-state index contributed by atoms with van der Waals surface area (Å²) in [5.74, 6) is -0.934. The summed E-state index contributed by atoms with van der Waals surface area (Å²) in [5.41, 5.74) is 3.10. The van der Waals surface area contributed by atoms with E-state index in [2.05, 4.69) is 4.98 Å². The number of aromatic nitrogens is 1. The lowest BCUT2D eigenvalue weighted by molar-refractivity contribution is -0.384. The number of non-ortho nitro benzene ring substituents is 1. The zero-order chi connectivity index (χ0) is 18.1. The molecule has 3 aromatic rings. The van der Waals surface area contributed by atoms with Crippen LogP contribution in [-0.4, -0.2) is 27.2 Å². The summed E-state index contributed by atoms with van der Waals surface area (Å²) in [6.45, 7) is 1.79. The molecule has 128 valence electrons. The predicted octanol–water partition coefficient (Wildman–Crippen LogP) is 5.18. The summed E-state index contributed by atoms with van der Waals surface area (Å²) >= 11 is 4.19. The highest BCUT2D eigenvalue weighted by atomic mass is 32.2. The Morgan fingerprint density at radius 1 is 1.32 bits per heavy atom. The molecule has 0 spiro atoms. The molecule has 0 saturated carbocycles. The molecule has 0 atom stereocenters. The third kappa shape index (κ3) is 3.30. The van der Waals surface area contributed by atoms with Crippen LogP contribution in [0.3, 0.4) is 0 Å². The van der Waals surface area contributed by atoms with Gasteiger partial charge in [0.15, 0.2) is 0 Å². The van der Waals surface area contributed by atoms with E-state index in [1.807, 2.05) is 11.6 Å². The van der Waals surface area contributed by atoms with Crippen LogP contribution in [-0.2, 0) is 0 Å². The maximum atomic E-state index is 11.4. The number of hydrogen-bond acceptors (Lipinski definition) is 7. The first-order valence-corrected chi connectivity index (χ1v) is 9.96. The van der Waals surface area contributed by atoms with Crippen LogP contribution >= 0.6 is 34.4 Å². The van der Waals surface area contributed by atoms with Crippen LogP contribution < -0.4 is 0 Å². The fourth-order valence-corrected chi connectivity index (χ4v) is 5.34. The molecule has 0 fully saturated rings. The zero-order valence-corrected chi connectivity index (χ0v) is 15.6. The van der Waals surface area contributed by atoms with E-state index in [1.165, 1.54) is 46.6 Å². The molecule has 1 aromatic carbocycles. The molecule has 0 amide bonds. The maximum Gasteiger partial charge on any atom is 0.346 e. The van der Waals surface area contributed by atoms with Gasteiger partial charge in [-0.05, 0) is 30.9 Å². The largest absolute Gasteiger partial charge is 0.477 e. The highest BCUT2D eigenvalue weighted by molar-refractivity contribution is 8.00. The second-order valence-electron chi connectivity index (χ2n) is 5.07. The number of nitrogens with zero attached hydrogens (tertiary/aromatic N) is 2. The molecule has 2 heterocycles. The van der Waals surface area contributed by atoms with Crippen LogP contribution in [0.5, 0.6) is 0 Å². The van der Waals surface area contributed by atoms with Gasteiger partial charge >= 0.3 is 5.97 Å². The van der Waals surface area contributed by atoms with Crippen LogP contribution in [0.15, 0.2) is 33.9 Å². The van der Waals surface area contributed by atoms with Crippen LogP contribution in [0.4, 0.5) is 5.69 Å². The molecule has 9 heteroatoms. The van der Waals surface area contributed by atoms with Gasteiger partial charge in [-0.3, -0.25) is 10.1 Å². The van der Waals surface area contributed by atoms with Gasteiger partial charge in [-0.1, -0.05) is 0 Å². The van der Waals surface area contributed by atoms with Crippen molar-refractivity contribution in [3.8, 4) is 21.8 Å². The SMILES string of the molecule is CSc1sc(C(=O)O)c(C)c1-c1nc(-c2ccc([N+](=O)[O-])cc2)cs1. The van der Waals surface area contributed by atoms with E-state index < -0.39 is 10.9 Å². The first kappa shape index (κ1) is 17.6. The highest BCUT2D eigenvalue weighted by Gasteiger charge is 2.22. The van der Waals surface area contributed by atoms with E-state index in [0.717, 1.165) is 20.3 Å². The van der Waals surface area contributed by atoms with Gasteiger partial charge in [0, 0.05) is 28.6 Å². The van der Waals surface area contributed by atoms with Crippen LogP contribution in [0.25, 0.3) is 21.8 Å². The van der Waals surface area contributed by atoms with Crippen molar-refractivity contribution in [2.45, 2.75) is 11.1 Å². The zero-order valence-electron chi connectivity index (χ0n) is 13.2. The lowest BCUT2D eigenvalue weighted by Gasteiger charge is -2.00. The van der Waals surface area contributed by atoms with Crippen molar-refractivity contribution in [3.63, 3.8) is 0 Å². The van der Waals surface area contributed by atoms with Crippen molar-refractivity contribution >= 4 is 46.1 Å². The van der Waals surface area contributed by atoms with Gasteiger partial charge < -0.3 is 5.11 Å². The number of carboxylic acids is 1. The molecule has 6 nitrogen and oxygen atoms in total. The molecule has 3 rings (SSSR count). The second-order valence-corrected chi connectivity index (χ2v) is 8.02. The molecule has 0 radical (unpaired) electrons. The Hall–Kier alpha value is -2.23. The van der Waals surface area contributed by atoms with E-state index in [1.54, 1.807) is 19.1 Å². The van der Waals surface area contributed by atoms with Crippen molar-refractivity contribution in [1.29, 1.82) is 0 Å². The van der Waals surface area contributed by atoms with Gasteiger partial charge in [-0.25, -0.2) is 9.78 Å². The Balaban J connectivity index is 2.02. The van der Waals surface area contributed by atoms with Crippen LogP contribution in [0.2, 0.25) is 0 Å². The molecule has 0 unspecified atom stereocenters. The molecule has 0 aliphatic rings. The second kappa shape index (κ2) is 6.95. The molecule has 1 N–H and O–H groups in total. The third-order valence-electron chi connectivity index (χ3n) is 3.59. The van der Waals surface area contributed by atoms with Crippen molar-refractivity contribution in [2.75, 3.05) is 6.26 Å². The molecule has 25 heavy (non-hydrogen) atoms. The number of nitro benzene ring substituents is 1. The number of nitro groups is 1. The molecule has 0 saturated heterocycles. The van der Waals surface area contributed by atoms with E-state index in [9.17, 15) is 20.0 Å². The number of carbonyl (C=O) groups is 1. The first-order chi connectivity index (χ1) is 11.9. The number of thiophene rings is 1. The molecular weight excluding hydrogens is 380 g/mol. The van der Waals surface area contributed by atoms with E-state index >= 15 is 0 Å². The highest BCUT2D eigenvalue weighted by Crippen LogP contribution is 2.43. The monoisotopic (exact) mass is 392 g/mol. The number of hydrogen-bond donors (Lipinski definition) is 1. The van der Waals surface area contributed by atoms with E-state index in [4.69, 9.17) is 0 Å². The Kier molecular flexibility index (Phi) is 4.89. The Labute approximate surface area is 155 Å². The van der Waals surface area contributed by atoms with Crippen molar-refractivity contribution in [1.82, 2.24) is 4.98 Å². The van der Waals surface area contributed by atoms with Crippen molar-refractivity contribution in [2.24, 2.45) is 0 Å². The Morgan fingerprint density at radius 3 is 2.56 bits per heavy atom. The number of rotatable bonds is 5. The minimum absolute atomic E-state index is 0.0312. The molecule has 0 aliphatic heterocycles. The summed E-state index contributed by atoms with van der Waals surface area (Å²) in [4.78, 5) is 26.6. The smallest absolute Gasteiger partial charge is 0.346 e. The van der Waals surface area contributed by atoms with Gasteiger partial charge in [0.2, 0.25) is 0 Å². The minimum atomic E-state index is -0.934. The van der Waals surface area contributed by atoms with Gasteiger partial charge in [-0.2, -0.15) is 0 Å². The summed E-state index contributed by atoms with van der Waals surface area (Å²) in [7, 11) is 0. The lowest BCUT2D eigenvalue weighted by atomic mass is 10.1. The number of thiazole rings is 1. The average molecular weight is 392 g/mol. The molecule has 2 aromatic heterocycles. The maximum absolute atomic E-state index is 11.4. The number of aromatic carboxylic acids is 1. The predicted molar refractivity (Wildman–Crippen MR) is 101 cm³/mol. The average Bonchev–Trinajstić information content (AvgIpc) is 3.19. The number of carboxylic acid groups (broad SMARTS) is 1. The summed E-state index contributed by atoms with van der Waals surface area (Å²) in [5, 5.41) is 22.7. The van der Waals surface area contributed by atoms with Gasteiger partial charge in [0.05, 0.1) is 14.8 Å². The Bertz CT molecular complexity index is 960. The van der Waals surface area contributed by atoms with Gasteiger partial charge in [0.1, 0.15) is 9.88 Å². The molecular formula is C16H12N2O4S3. The standard InChI is InChI=1S/C16H12N2O4S3/c1-8-12(16(23-2)25-13(8)15(19)20)14-17-11(7-24-14)9-3-5-10(6-4-9)18(21)22/h3-7H,1-2H3,(H,19,20). The van der Waals surface area contributed by atoms with Gasteiger partial charge in [0.25, 0.3) is 5.69 Å². The van der Waals surface area contributed by atoms with Crippen molar-refractivity contribution < 1.29 is 14.8 Å². The first-order valence-electron chi connectivity index (χ1n) is 7.03. The number of thioether (sulfide) groups is 1. The quantitative estimate of drug-likeness (QED) is 0.365. The van der Waals surface area contributed by atoms with Crippen molar-refractivity contribution in [3.05, 3.63) is 50.2 Å². The van der Waals surface area contributed by atoms with E-state index in [-0.39, 0.29) is 5.69 Å². The summed E-state index contributed by atoms with van der Waals surface area (Å²) in [6.07, 6.45) is 1.91. The minimum Gasteiger partial charge on any atom is -0.477 e. The van der Waals surface area contributed by atoms with Gasteiger partial charge in [-0.15, -0.1) is 34.4 Å². The summed E-state index contributed by atoms with van der Waals surface area (Å²) in [6, 6.07) is 6.21. The van der Waals surface area contributed by atoms with Crippen LogP contribution in [0.1, 0.15) is 15.2 Å². The molecule has 0 aliphatic carbocycles. The van der Waals surface area contributed by atoms with Crippen LogP contribution in [0, 0.1) is 17.0 Å². The lowest BCUT2D eigenvalue weighted by Crippen LogP contribution is -1.94. The number of benzene rings is 1. The fraction of sp³-hybridized carbons (Fsp3) is 0.125. The fourth-order valence-electron chi connectivity index (χ4n) is 2.36. The Morgan fingerprint density at radius 2 is 2.00 bits per heavy atom. The molecule has 0 bridgehead atoms.